The fourth-order valence-electron chi connectivity index (χ4n) is 4.34. The molecule has 0 radical (unpaired) electrons. The van der Waals surface area contributed by atoms with Crippen molar-refractivity contribution < 1.29 is 14.7 Å². The number of aromatic nitrogens is 2. The van der Waals surface area contributed by atoms with E-state index in [1.165, 1.54) is 0 Å². The lowest BCUT2D eigenvalue weighted by Crippen LogP contribution is -2.26. The maximum atomic E-state index is 12.3. The lowest BCUT2D eigenvalue weighted by molar-refractivity contribution is -0.136. The Labute approximate surface area is 195 Å². The van der Waals surface area contributed by atoms with Gasteiger partial charge in [0.25, 0.3) is 5.91 Å². The van der Waals surface area contributed by atoms with Crippen LogP contribution in [-0.2, 0) is 11.8 Å². The number of para-hydroxylation sites is 2. The molecule has 33 heavy (non-hydrogen) atoms. The predicted molar refractivity (Wildman–Crippen MR) is 131 cm³/mol. The van der Waals surface area contributed by atoms with E-state index in [0.717, 1.165) is 48.2 Å². The number of aryl methyl sites for hydroxylation is 1. The summed E-state index contributed by atoms with van der Waals surface area (Å²) in [4.78, 5) is 27.9. The highest BCUT2D eigenvalue weighted by Crippen LogP contribution is 2.34. The number of benzene rings is 2. The van der Waals surface area contributed by atoms with Gasteiger partial charge in [0.2, 0.25) is 0 Å². The Morgan fingerprint density at radius 2 is 1.70 bits per heavy atom. The molecule has 0 bridgehead atoms. The molecule has 0 aliphatic carbocycles. The van der Waals surface area contributed by atoms with Gasteiger partial charge in [-0.05, 0) is 55.2 Å². The van der Waals surface area contributed by atoms with Crippen molar-refractivity contribution >= 4 is 28.6 Å². The van der Waals surface area contributed by atoms with Gasteiger partial charge in [0.05, 0.1) is 23.5 Å². The minimum atomic E-state index is -0.934. The van der Waals surface area contributed by atoms with Crippen LogP contribution in [0.25, 0.3) is 11.0 Å². The smallest absolute Gasteiger partial charge is 0.305 e. The lowest BCUT2D eigenvalue weighted by atomic mass is 9.89. The molecule has 0 spiro atoms. The van der Waals surface area contributed by atoms with E-state index in [4.69, 9.17) is 10.1 Å². The van der Waals surface area contributed by atoms with Crippen molar-refractivity contribution in [3.8, 4) is 0 Å². The third kappa shape index (κ3) is 6.12. The minimum Gasteiger partial charge on any atom is -0.481 e. The number of amides is 1. The zero-order valence-corrected chi connectivity index (χ0v) is 19.7. The molecular formula is C26H34N4O3. The van der Waals surface area contributed by atoms with Crippen LogP contribution in [0.3, 0.4) is 0 Å². The summed E-state index contributed by atoms with van der Waals surface area (Å²) in [7, 11) is 2.07. The molecule has 176 valence electrons. The first-order chi connectivity index (χ1) is 15.9. The minimum absolute atomic E-state index is 0.0394. The molecule has 3 rings (SSSR count). The molecule has 1 heterocycles. The number of hydrogen-bond donors (Lipinski definition) is 3. The number of rotatable bonds is 12. The Morgan fingerprint density at radius 3 is 2.30 bits per heavy atom. The van der Waals surface area contributed by atoms with Crippen LogP contribution >= 0.6 is 0 Å². The fourth-order valence-corrected chi connectivity index (χ4v) is 4.34. The SMILES string of the molecule is CCCC(CCC)C(Nc1ccc(C(=O)NCCC(=O)O)cc1)c1nc2ccccc2n1C. The quantitative estimate of drug-likeness (QED) is 0.355. The average Bonchev–Trinajstić information content (AvgIpc) is 3.14. The molecule has 0 fully saturated rings. The summed E-state index contributed by atoms with van der Waals surface area (Å²) in [5, 5.41) is 15.1. The molecule has 0 aliphatic heterocycles. The molecule has 0 aliphatic rings. The molecule has 1 aromatic heterocycles. The van der Waals surface area contributed by atoms with Gasteiger partial charge < -0.3 is 20.3 Å². The highest BCUT2D eigenvalue weighted by atomic mass is 16.4. The first-order valence-electron chi connectivity index (χ1n) is 11.7. The standard InChI is InChI=1S/C26H34N4O3/c1-4-8-18(9-5-2)24(25-29-21-10-6-7-11-22(21)30(25)3)28-20-14-12-19(13-15-20)26(33)27-17-16-23(31)32/h6-7,10-15,18,24,28H,4-5,8-9,16-17H2,1-3H3,(H,27,33)(H,31,32). The van der Waals surface area contributed by atoms with Gasteiger partial charge in [-0.1, -0.05) is 38.8 Å². The molecule has 0 saturated heterocycles. The van der Waals surface area contributed by atoms with Crippen molar-refractivity contribution in [1.82, 2.24) is 14.9 Å². The second kappa shape index (κ2) is 11.5. The van der Waals surface area contributed by atoms with Gasteiger partial charge in [-0.15, -0.1) is 0 Å². The number of carbonyl (C=O) groups excluding carboxylic acids is 1. The maximum Gasteiger partial charge on any atom is 0.305 e. The second-order valence-electron chi connectivity index (χ2n) is 8.45. The Balaban J connectivity index is 1.84. The van der Waals surface area contributed by atoms with Crippen molar-refractivity contribution in [1.29, 1.82) is 0 Å². The molecule has 1 unspecified atom stereocenters. The van der Waals surface area contributed by atoms with E-state index in [-0.39, 0.29) is 24.9 Å². The van der Waals surface area contributed by atoms with Crippen molar-refractivity contribution in [2.75, 3.05) is 11.9 Å². The number of carboxylic acids is 1. The number of nitrogens with zero attached hydrogens (tertiary/aromatic N) is 2. The fraction of sp³-hybridized carbons (Fsp3) is 0.423. The van der Waals surface area contributed by atoms with Gasteiger partial charge in [-0.25, -0.2) is 4.98 Å². The van der Waals surface area contributed by atoms with Crippen molar-refractivity contribution in [3.63, 3.8) is 0 Å². The number of fused-ring (bicyclic) bond motifs is 1. The first kappa shape index (κ1) is 24.3. The number of carboxylic acid groups (broad SMARTS) is 1. The zero-order valence-electron chi connectivity index (χ0n) is 19.7. The summed E-state index contributed by atoms with van der Waals surface area (Å²) in [5.74, 6) is 0.231. The van der Waals surface area contributed by atoms with Gasteiger partial charge in [-0.2, -0.15) is 0 Å². The van der Waals surface area contributed by atoms with Gasteiger partial charge in [0.1, 0.15) is 5.82 Å². The van der Waals surface area contributed by atoms with Crippen LogP contribution in [0.4, 0.5) is 5.69 Å². The third-order valence-corrected chi connectivity index (χ3v) is 5.98. The molecule has 3 aromatic rings. The van der Waals surface area contributed by atoms with E-state index in [1.54, 1.807) is 12.1 Å². The molecule has 1 amide bonds. The van der Waals surface area contributed by atoms with E-state index in [9.17, 15) is 9.59 Å². The molecule has 7 heteroatoms. The van der Waals surface area contributed by atoms with Gasteiger partial charge in [-0.3, -0.25) is 9.59 Å². The number of nitrogens with one attached hydrogen (secondary N) is 2. The van der Waals surface area contributed by atoms with Crippen LogP contribution in [0, 0.1) is 5.92 Å². The van der Waals surface area contributed by atoms with Gasteiger partial charge in [0.15, 0.2) is 0 Å². The Kier molecular flexibility index (Phi) is 8.46. The van der Waals surface area contributed by atoms with Crippen LogP contribution in [0.15, 0.2) is 48.5 Å². The third-order valence-electron chi connectivity index (χ3n) is 5.98. The van der Waals surface area contributed by atoms with Crippen LogP contribution < -0.4 is 10.6 Å². The average molecular weight is 451 g/mol. The summed E-state index contributed by atoms with van der Waals surface area (Å²) in [6, 6.07) is 15.5. The largest absolute Gasteiger partial charge is 0.481 e. The van der Waals surface area contributed by atoms with E-state index in [0.29, 0.717) is 11.5 Å². The van der Waals surface area contributed by atoms with Gasteiger partial charge in [0, 0.05) is 24.8 Å². The Hall–Kier alpha value is -3.35. The molecule has 1 atom stereocenters. The summed E-state index contributed by atoms with van der Waals surface area (Å²) >= 11 is 0. The number of imidazole rings is 1. The monoisotopic (exact) mass is 450 g/mol. The van der Waals surface area contributed by atoms with Crippen molar-refractivity contribution in [2.24, 2.45) is 13.0 Å². The molecule has 7 nitrogen and oxygen atoms in total. The number of anilines is 1. The maximum absolute atomic E-state index is 12.3. The lowest BCUT2D eigenvalue weighted by Gasteiger charge is -2.28. The predicted octanol–water partition coefficient (Wildman–Crippen LogP) is 5.15. The summed E-state index contributed by atoms with van der Waals surface area (Å²) < 4.78 is 2.18. The van der Waals surface area contributed by atoms with Crippen molar-refractivity contribution in [3.05, 3.63) is 59.9 Å². The number of carbonyl (C=O) groups is 2. The Morgan fingerprint density at radius 1 is 1.03 bits per heavy atom. The van der Waals surface area contributed by atoms with Crippen LogP contribution in [0.2, 0.25) is 0 Å². The first-order valence-corrected chi connectivity index (χ1v) is 11.7. The summed E-state index contributed by atoms with van der Waals surface area (Å²) in [6.07, 6.45) is 4.30. The second-order valence-corrected chi connectivity index (χ2v) is 8.45. The van der Waals surface area contributed by atoms with E-state index >= 15 is 0 Å². The van der Waals surface area contributed by atoms with Crippen LogP contribution in [0.5, 0.6) is 0 Å². The normalized spacial score (nSPS) is 12.1. The topological polar surface area (TPSA) is 96.2 Å². The number of aliphatic carboxylic acids is 1. The van der Waals surface area contributed by atoms with Crippen LogP contribution in [0.1, 0.15) is 68.2 Å². The highest BCUT2D eigenvalue weighted by Gasteiger charge is 2.27. The number of hydrogen-bond acceptors (Lipinski definition) is 4. The van der Waals surface area contributed by atoms with Crippen molar-refractivity contribution in [2.45, 2.75) is 52.0 Å². The molecular weight excluding hydrogens is 416 g/mol. The van der Waals surface area contributed by atoms with Gasteiger partial charge >= 0.3 is 5.97 Å². The van der Waals surface area contributed by atoms with E-state index < -0.39 is 5.97 Å². The van der Waals surface area contributed by atoms with E-state index in [2.05, 4.69) is 42.2 Å². The summed E-state index contributed by atoms with van der Waals surface area (Å²) in [6.45, 7) is 4.54. The van der Waals surface area contributed by atoms with E-state index in [1.807, 2.05) is 30.3 Å². The zero-order chi connectivity index (χ0) is 23.8. The molecule has 0 saturated carbocycles. The molecule has 2 aromatic carbocycles. The highest BCUT2D eigenvalue weighted by molar-refractivity contribution is 5.94. The van der Waals surface area contributed by atoms with Crippen LogP contribution in [-0.4, -0.2) is 33.1 Å². The molecule has 3 N–H and O–H groups in total. The Bertz CT molecular complexity index is 1070. The summed E-state index contributed by atoms with van der Waals surface area (Å²) in [5.41, 5.74) is 3.52.